The van der Waals surface area contributed by atoms with Crippen molar-refractivity contribution in [3.8, 4) is 0 Å². The molecule has 5 heteroatoms. The van der Waals surface area contributed by atoms with Crippen LogP contribution in [0.3, 0.4) is 0 Å². The van der Waals surface area contributed by atoms with E-state index in [4.69, 9.17) is 0 Å². The van der Waals surface area contributed by atoms with Gasteiger partial charge in [-0.15, -0.1) is 0 Å². The molecule has 2 aromatic carbocycles. The standard InChI is InChI=1S/C19H26N2O2S/c1-5-16-8-10-17(11-9-16)19(21(3)4)14-20-24(22,23)18-12-6-15(2)7-13-18/h6-13,19-20H,5,14H2,1-4H3. The summed E-state index contributed by atoms with van der Waals surface area (Å²) in [6, 6.07) is 15.2. The van der Waals surface area contributed by atoms with Crippen molar-refractivity contribution in [1.82, 2.24) is 9.62 Å². The summed E-state index contributed by atoms with van der Waals surface area (Å²) in [7, 11) is 0.411. The quantitative estimate of drug-likeness (QED) is 0.838. The van der Waals surface area contributed by atoms with Crippen LogP contribution < -0.4 is 4.72 Å². The highest BCUT2D eigenvalue weighted by Crippen LogP contribution is 2.19. The smallest absolute Gasteiger partial charge is 0.240 e. The minimum Gasteiger partial charge on any atom is -0.301 e. The predicted molar refractivity (Wildman–Crippen MR) is 98.6 cm³/mol. The number of aryl methyl sites for hydroxylation is 2. The van der Waals surface area contributed by atoms with Gasteiger partial charge in [-0.25, -0.2) is 13.1 Å². The molecule has 130 valence electrons. The van der Waals surface area contributed by atoms with Gasteiger partial charge in [0.05, 0.1) is 4.90 Å². The molecular weight excluding hydrogens is 320 g/mol. The van der Waals surface area contributed by atoms with Crippen LogP contribution >= 0.6 is 0 Å². The highest BCUT2D eigenvalue weighted by atomic mass is 32.2. The van der Waals surface area contributed by atoms with Crippen LogP contribution in [0.25, 0.3) is 0 Å². The Kier molecular flexibility index (Phi) is 6.15. The minimum absolute atomic E-state index is 0.0175. The number of rotatable bonds is 7. The zero-order valence-electron chi connectivity index (χ0n) is 14.8. The van der Waals surface area contributed by atoms with Gasteiger partial charge in [0.1, 0.15) is 0 Å². The molecule has 0 heterocycles. The molecule has 0 spiro atoms. The van der Waals surface area contributed by atoms with Gasteiger partial charge in [-0.1, -0.05) is 48.9 Å². The molecule has 0 saturated heterocycles. The van der Waals surface area contributed by atoms with E-state index in [1.54, 1.807) is 12.1 Å². The maximum Gasteiger partial charge on any atom is 0.240 e. The first-order valence-corrected chi connectivity index (χ1v) is 9.63. The van der Waals surface area contributed by atoms with Crippen LogP contribution in [0.4, 0.5) is 0 Å². The van der Waals surface area contributed by atoms with E-state index < -0.39 is 10.0 Å². The lowest BCUT2D eigenvalue weighted by Gasteiger charge is -2.25. The Balaban J connectivity index is 2.14. The zero-order valence-corrected chi connectivity index (χ0v) is 15.6. The lowest BCUT2D eigenvalue weighted by molar-refractivity contribution is 0.299. The number of nitrogens with one attached hydrogen (secondary N) is 1. The number of hydrogen-bond donors (Lipinski definition) is 1. The van der Waals surface area contributed by atoms with E-state index in [0.29, 0.717) is 11.4 Å². The third-order valence-corrected chi connectivity index (χ3v) is 5.63. The Morgan fingerprint density at radius 1 is 1.00 bits per heavy atom. The van der Waals surface area contributed by atoms with Crippen molar-refractivity contribution < 1.29 is 8.42 Å². The van der Waals surface area contributed by atoms with E-state index in [9.17, 15) is 8.42 Å². The van der Waals surface area contributed by atoms with Gasteiger partial charge >= 0.3 is 0 Å². The van der Waals surface area contributed by atoms with Gasteiger partial charge in [0.2, 0.25) is 10.0 Å². The van der Waals surface area contributed by atoms with Crippen molar-refractivity contribution >= 4 is 10.0 Å². The summed E-state index contributed by atoms with van der Waals surface area (Å²) in [5, 5.41) is 0. The lowest BCUT2D eigenvalue weighted by atomic mass is 10.0. The summed E-state index contributed by atoms with van der Waals surface area (Å²) < 4.78 is 27.7. The fourth-order valence-electron chi connectivity index (χ4n) is 2.56. The monoisotopic (exact) mass is 346 g/mol. The lowest BCUT2D eigenvalue weighted by Crippen LogP contribution is -2.34. The SMILES string of the molecule is CCc1ccc(C(CNS(=O)(=O)c2ccc(C)cc2)N(C)C)cc1. The number of hydrogen-bond acceptors (Lipinski definition) is 3. The molecule has 0 amide bonds. The van der Waals surface area contributed by atoms with E-state index in [1.165, 1.54) is 5.56 Å². The largest absolute Gasteiger partial charge is 0.301 e. The molecule has 0 saturated carbocycles. The Hall–Kier alpha value is -1.69. The molecule has 0 fully saturated rings. The average Bonchev–Trinajstić information content (AvgIpc) is 2.55. The number of nitrogens with zero attached hydrogens (tertiary/aromatic N) is 1. The van der Waals surface area contributed by atoms with Gasteiger partial charge < -0.3 is 4.90 Å². The molecule has 2 rings (SSSR count). The van der Waals surface area contributed by atoms with Crippen molar-refractivity contribution in [2.24, 2.45) is 0 Å². The second kappa shape index (κ2) is 7.92. The number of likely N-dealkylation sites (N-methyl/N-ethyl adjacent to an activating group) is 1. The van der Waals surface area contributed by atoms with Crippen LogP contribution in [0.2, 0.25) is 0 Å². The Morgan fingerprint density at radius 3 is 2.08 bits per heavy atom. The van der Waals surface area contributed by atoms with Crippen LogP contribution in [0.1, 0.15) is 29.7 Å². The first kappa shape index (κ1) is 18.6. The average molecular weight is 346 g/mol. The molecule has 0 aliphatic carbocycles. The summed E-state index contributed by atoms with van der Waals surface area (Å²) in [6.45, 7) is 4.38. The molecule has 1 unspecified atom stereocenters. The second-order valence-corrected chi connectivity index (χ2v) is 8.01. The first-order valence-electron chi connectivity index (χ1n) is 8.15. The van der Waals surface area contributed by atoms with Crippen LogP contribution in [0, 0.1) is 6.92 Å². The van der Waals surface area contributed by atoms with Crippen molar-refractivity contribution in [2.75, 3.05) is 20.6 Å². The van der Waals surface area contributed by atoms with Crippen LogP contribution in [-0.2, 0) is 16.4 Å². The van der Waals surface area contributed by atoms with Gasteiger partial charge in [0.15, 0.2) is 0 Å². The molecule has 1 N–H and O–H groups in total. The molecule has 0 bridgehead atoms. The van der Waals surface area contributed by atoms with Gasteiger partial charge in [0, 0.05) is 12.6 Å². The van der Waals surface area contributed by atoms with E-state index in [0.717, 1.165) is 17.5 Å². The van der Waals surface area contributed by atoms with E-state index >= 15 is 0 Å². The molecule has 0 radical (unpaired) electrons. The van der Waals surface area contributed by atoms with Crippen molar-refractivity contribution in [2.45, 2.75) is 31.2 Å². The molecule has 0 aliphatic heterocycles. The van der Waals surface area contributed by atoms with Crippen LogP contribution in [0.5, 0.6) is 0 Å². The summed E-state index contributed by atoms with van der Waals surface area (Å²) in [4.78, 5) is 2.32. The van der Waals surface area contributed by atoms with E-state index in [2.05, 4.69) is 35.9 Å². The predicted octanol–water partition coefficient (Wildman–Crippen LogP) is 3.14. The van der Waals surface area contributed by atoms with E-state index in [-0.39, 0.29) is 6.04 Å². The van der Waals surface area contributed by atoms with Gasteiger partial charge in [-0.3, -0.25) is 0 Å². The maximum absolute atomic E-state index is 12.5. The van der Waals surface area contributed by atoms with Crippen LogP contribution in [-0.4, -0.2) is 34.0 Å². The van der Waals surface area contributed by atoms with Crippen molar-refractivity contribution in [3.05, 3.63) is 65.2 Å². The summed E-state index contributed by atoms with van der Waals surface area (Å²) in [6.07, 6.45) is 0.993. The Bertz CT molecular complexity index is 751. The fourth-order valence-corrected chi connectivity index (χ4v) is 3.60. The maximum atomic E-state index is 12.5. The molecule has 0 aliphatic rings. The first-order chi connectivity index (χ1) is 11.3. The highest BCUT2D eigenvalue weighted by molar-refractivity contribution is 7.89. The van der Waals surface area contributed by atoms with Gasteiger partial charge in [0.25, 0.3) is 0 Å². The summed E-state index contributed by atoms with van der Waals surface area (Å²) in [5.41, 5.74) is 3.41. The Morgan fingerprint density at radius 2 is 1.58 bits per heavy atom. The molecule has 2 aromatic rings. The van der Waals surface area contributed by atoms with Crippen molar-refractivity contribution in [1.29, 1.82) is 0 Å². The zero-order chi connectivity index (χ0) is 17.7. The van der Waals surface area contributed by atoms with E-state index in [1.807, 2.05) is 38.1 Å². The molecule has 1 atom stereocenters. The highest BCUT2D eigenvalue weighted by Gasteiger charge is 2.19. The topological polar surface area (TPSA) is 49.4 Å². The van der Waals surface area contributed by atoms with Crippen molar-refractivity contribution in [3.63, 3.8) is 0 Å². The second-order valence-electron chi connectivity index (χ2n) is 6.24. The third kappa shape index (κ3) is 4.66. The normalized spacial score (nSPS) is 13.2. The Labute approximate surface area is 145 Å². The molecule has 0 aromatic heterocycles. The molecule has 24 heavy (non-hydrogen) atoms. The number of benzene rings is 2. The number of sulfonamides is 1. The third-order valence-electron chi connectivity index (χ3n) is 4.19. The van der Waals surface area contributed by atoms with Gasteiger partial charge in [-0.2, -0.15) is 0 Å². The molecule has 4 nitrogen and oxygen atoms in total. The van der Waals surface area contributed by atoms with Gasteiger partial charge in [-0.05, 0) is 50.7 Å². The minimum atomic E-state index is -3.50. The molecular formula is C19H26N2O2S. The fraction of sp³-hybridized carbons (Fsp3) is 0.368. The van der Waals surface area contributed by atoms with Crippen LogP contribution in [0.15, 0.2) is 53.4 Å². The summed E-state index contributed by atoms with van der Waals surface area (Å²) in [5.74, 6) is 0. The summed E-state index contributed by atoms with van der Waals surface area (Å²) >= 11 is 0.